The van der Waals surface area contributed by atoms with Crippen LogP contribution in [0.3, 0.4) is 0 Å². The summed E-state index contributed by atoms with van der Waals surface area (Å²) in [5.41, 5.74) is -0.665. The second kappa shape index (κ2) is 3.41. The fraction of sp³-hybridized carbons (Fsp3) is 0.571. The molecule has 0 heterocycles. The van der Waals surface area contributed by atoms with Gasteiger partial charge in [0.25, 0.3) is 0 Å². The molecule has 0 N–H and O–H groups in total. The summed E-state index contributed by atoms with van der Waals surface area (Å²) >= 11 is 0. The maximum Gasteiger partial charge on any atom is 0.151 e. The summed E-state index contributed by atoms with van der Waals surface area (Å²) in [4.78, 5) is 10.3. The van der Waals surface area contributed by atoms with Crippen molar-refractivity contribution in [3.05, 3.63) is 12.7 Å². The molecule has 0 spiro atoms. The average molecular weight is 128 g/mol. The Morgan fingerprint density at radius 2 is 2.33 bits per heavy atom. The van der Waals surface area contributed by atoms with Crippen LogP contribution in [0.2, 0.25) is 0 Å². The van der Waals surface area contributed by atoms with E-state index >= 15 is 0 Å². The van der Waals surface area contributed by atoms with Gasteiger partial charge in [0.2, 0.25) is 0 Å². The zero-order chi connectivity index (χ0) is 7.33. The second-order valence-corrected chi connectivity index (χ2v) is 2.13. The van der Waals surface area contributed by atoms with Gasteiger partial charge >= 0.3 is 0 Å². The highest BCUT2D eigenvalue weighted by atomic mass is 16.5. The van der Waals surface area contributed by atoms with E-state index in [0.717, 1.165) is 6.29 Å². The molecule has 0 aromatic carbocycles. The Kier molecular flexibility index (Phi) is 3.17. The van der Waals surface area contributed by atoms with Gasteiger partial charge in [-0.2, -0.15) is 0 Å². The van der Waals surface area contributed by atoms with Gasteiger partial charge in [-0.25, -0.2) is 0 Å². The summed E-state index contributed by atoms with van der Waals surface area (Å²) in [5, 5.41) is 0. The monoisotopic (exact) mass is 128 g/mol. The van der Waals surface area contributed by atoms with E-state index in [-0.39, 0.29) is 0 Å². The highest BCUT2D eigenvalue weighted by Crippen LogP contribution is 2.10. The fourth-order valence-electron chi connectivity index (χ4n) is 0.466. The molecular weight excluding hydrogens is 116 g/mol. The van der Waals surface area contributed by atoms with Gasteiger partial charge < -0.3 is 9.53 Å². The van der Waals surface area contributed by atoms with Gasteiger partial charge in [-0.05, 0) is 6.92 Å². The summed E-state index contributed by atoms with van der Waals surface area (Å²) < 4.78 is 4.89. The van der Waals surface area contributed by atoms with E-state index in [4.69, 9.17) is 4.74 Å². The number of carbonyl (C=O) groups is 1. The predicted octanol–water partition coefficient (Wildman–Crippen LogP) is 1.17. The van der Waals surface area contributed by atoms with Crippen molar-refractivity contribution in [2.75, 3.05) is 7.11 Å². The smallest absolute Gasteiger partial charge is 0.151 e. The van der Waals surface area contributed by atoms with Crippen LogP contribution in [-0.2, 0) is 9.53 Å². The van der Waals surface area contributed by atoms with E-state index in [1.807, 2.05) is 0 Å². The van der Waals surface area contributed by atoms with Crippen LogP contribution in [0.25, 0.3) is 0 Å². The minimum atomic E-state index is -0.665. The summed E-state index contributed by atoms with van der Waals surface area (Å²) in [6.45, 7) is 5.23. The van der Waals surface area contributed by atoms with E-state index in [2.05, 4.69) is 6.58 Å². The Morgan fingerprint density at radius 3 is 2.44 bits per heavy atom. The Hall–Kier alpha value is -0.630. The highest BCUT2D eigenvalue weighted by Gasteiger charge is 2.19. The van der Waals surface area contributed by atoms with E-state index in [1.54, 1.807) is 13.0 Å². The number of rotatable bonds is 4. The second-order valence-electron chi connectivity index (χ2n) is 2.13. The lowest BCUT2D eigenvalue weighted by atomic mass is 10.1. The van der Waals surface area contributed by atoms with Crippen LogP contribution in [0, 0.1) is 0 Å². The first-order valence-electron chi connectivity index (χ1n) is 2.81. The van der Waals surface area contributed by atoms with Crippen molar-refractivity contribution >= 4 is 6.29 Å². The first-order valence-corrected chi connectivity index (χ1v) is 2.81. The maximum absolute atomic E-state index is 10.3. The predicted molar refractivity (Wildman–Crippen MR) is 36.3 cm³/mol. The van der Waals surface area contributed by atoms with Crippen LogP contribution >= 0.6 is 0 Å². The number of hydrogen-bond acceptors (Lipinski definition) is 2. The molecule has 0 aromatic heterocycles. The third-order valence-electron chi connectivity index (χ3n) is 1.27. The molecule has 0 aliphatic heterocycles. The topological polar surface area (TPSA) is 26.3 Å². The van der Waals surface area contributed by atoms with Crippen molar-refractivity contribution in [2.24, 2.45) is 0 Å². The van der Waals surface area contributed by atoms with Crippen LogP contribution in [-0.4, -0.2) is 19.0 Å². The third kappa shape index (κ3) is 2.42. The number of aldehydes is 1. The molecule has 0 radical (unpaired) electrons. The Labute approximate surface area is 55.5 Å². The van der Waals surface area contributed by atoms with Gasteiger partial charge in [0.05, 0.1) is 0 Å². The van der Waals surface area contributed by atoms with E-state index in [0.29, 0.717) is 6.42 Å². The van der Waals surface area contributed by atoms with Gasteiger partial charge in [0.1, 0.15) is 5.60 Å². The molecular formula is C7H12O2. The standard InChI is InChI=1S/C7H12O2/c1-4-5-7(2,6-8)9-3/h4,6H,1,5H2,2-3H3/t7-/m1/s1. The normalized spacial score (nSPS) is 16.2. The zero-order valence-electron chi connectivity index (χ0n) is 5.89. The zero-order valence-corrected chi connectivity index (χ0v) is 5.89. The van der Waals surface area contributed by atoms with Gasteiger partial charge in [-0.3, -0.25) is 0 Å². The molecule has 2 nitrogen and oxygen atoms in total. The number of hydrogen-bond donors (Lipinski definition) is 0. The molecule has 52 valence electrons. The molecule has 0 fully saturated rings. The lowest BCUT2D eigenvalue weighted by Gasteiger charge is -2.18. The fourth-order valence-corrected chi connectivity index (χ4v) is 0.466. The summed E-state index contributed by atoms with van der Waals surface area (Å²) in [6.07, 6.45) is 3.01. The van der Waals surface area contributed by atoms with Gasteiger partial charge in [0.15, 0.2) is 6.29 Å². The molecule has 0 aromatic rings. The molecule has 0 bridgehead atoms. The van der Waals surface area contributed by atoms with Crippen molar-refractivity contribution in [2.45, 2.75) is 18.9 Å². The van der Waals surface area contributed by atoms with Gasteiger partial charge in [-0.15, -0.1) is 6.58 Å². The molecule has 0 unspecified atom stereocenters. The lowest BCUT2D eigenvalue weighted by Crippen LogP contribution is -2.27. The SMILES string of the molecule is C=CC[C@](C)(C=O)OC. The van der Waals surface area contributed by atoms with Crippen molar-refractivity contribution < 1.29 is 9.53 Å². The Morgan fingerprint density at radius 1 is 1.78 bits per heavy atom. The molecule has 0 amide bonds. The van der Waals surface area contributed by atoms with E-state index < -0.39 is 5.60 Å². The quantitative estimate of drug-likeness (QED) is 0.419. The number of methoxy groups -OCH3 is 1. The first kappa shape index (κ1) is 8.37. The van der Waals surface area contributed by atoms with Crippen LogP contribution < -0.4 is 0 Å². The van der Waals surface area contributed by atoms with Crippen LogP contribution in [0.1, 0.15) is 13.3 Å². The molecule has 0 aliphatic rings. The lowest BCUT2D eigenvalue weighted by molar-refractivity contribution is -0.125. The van der Waals surface area contributed by atoms with E-state index in [1.165, 1.54) is 7.11 Å². The van der Waals surface area contributed by atoms with Crippen molar-refractivity contribution in [1.29, 1.82) is 0 Å². The molecule has 9 heavy (non-hydrogen) atoms. The number of ether oxygens (including phenoxy) is 1. The van der Waals surface area contributed by atoms with Crippen LogP contribution in [0.5, 0.6) is 0 Å². The molecule has 0 saturated carbocycles. The minimum absolute atomic E-state index is 0.562. The molecule has 1 atom stereocenters. The average Bonchev–Trinajstić information content (AvgIpc) is 1.89. The van der Waals surface area contributed by atoms with Crippen molar-refractivity contribution in [3.8, 4) is 0 Å². The van der Waals surface area contributed by atoms with Crippen LogP contribution in [0.15, 0.2) is 12.7 Å². The largest absolute Gasteiger partial charge is 0.371 e. The Bertz CT molecular complexity index is 109. The summed E-state index contributed by atoms with van der Waals surface area (Å²) in [5.74, 6) is 0. The highest BCUT2D eigenvalue weighted by molar-refractivity contribution is 5.61. The molecule has 0 saturated heterocycles. The molecule has 0 rings (SSSR count). The van der Waals surface area contributed by atoms with Crippen molar-refractivity contribution in [3.63, 3.8) is 0 Å². The Balaban J connectivity index is 3.90. The first-order chi connectivity index (χ1) is 4.18. The number of carbonyl (C=O) groups excluding carboxylic acids is 1. The van der Waals surface area contributed by atoms with Gasteiger partial charge in [-0.1, -0.05) is 6.08 Å². The van der Waals surface area contributed by atoms with Crippen LogP contribution in [0.4, 0.5) is 0 Å². The molecule has 2 heteroatoms. The maximum atomic E-state index is 10.3. The minimum Gasteiger partial charge on any atom is -0.371 e. The van der Waals surface area contributed by atoms with Crippen molar-refractivity contribution in [1.82, 2.24) is 0 Å². The molecule has 0 aliphatic carbocycles. The van der Waals surface area contributed by atoms with E-state index in [9.17, 15) is 4.79 Å². The third-order valence-corrected chi connectivity index (χ3v) is 1.27. The summed E-state index contributed by atoms with van der Waals surface area (Å²) in [6, 6.07) is 0. The summed E-state index contributed by atoms with van der Waals surface area (Å²) in [7, 11) is 1.51. The van der Waals surface area contributed by atoms with Gasteiger partial charge in [0, 0.05) is 13.5 Å².